The number of aromatic nitrogens is 2. The number of piperazine rings is 1. The lowest BCUT2D eigenvalue weighted by Crippen LogP contribution is -2.54. The number of benzene rings is 3. The van der Waals surface area contributed by atoms with Crippen LogP contribution in [-0.4, -0.2) is 81.9 Å². The van der Waals surface area contributed by atoms with E-state index >= 15 is 0 Å². The topological polar surface area (TPSA) is 155 Å². The summed E-state index contributed by atoms with van der Waals surface area (Å²) < 4.78 is 12.4. The lowest BCUT2D eigenvalue weighted by atomic mass is 9.78. The van der Waals surface area contributed by atoms with Crippen LogP contribution in [0.2, 0.25) is 0 Å². The van der Waals surface area contributed by atoms with Gasteiger partial charge >= 0.3 is 0 Å². The summed E-state index contributed by atoms with van der Waals surface area (Å²) in [5.74, 6) is 0.273. The molecule has 3 N–H and O–H groups in total. The lowest BCUT2D eigenvalue weighted by molar-refractivity contribution is -0.136. The molecule has 0 spiro atoms. The summed E-state index contributed by atoms with van der Waals surface area (Å²) in [6, 6.07) is 23.4. The van der Waals surface area contributed by atoms with E-state index in [4.69, 9.17) is 14.5 Å². The molecule has 290 valence electrons. The van der Waals surface area contributed by atoms with Gasteiger partial charge in [0, 0.05) is 67.8 Å². The van der Waals surface area contributed by atoms with E-state index in [-0.39, 0.29) is 41.5 Å². The zero-order chi connectivity index (χ0) is 39.1. The summed E-state index contributed by atoms with van der Waals surface area (Å²) in [6.07, 6.45) is 3.61. The Hall–Kier alpha value is -5.82. The SMILES string of the molecule is CC1CN(c2nccc(COc3ccc(C(C)(C)c4ccc(OC5CC(Nc6ccc7c(c6)C(=O)N(C6CCC(=O)NC6=O)C7=O)C5)cc4)cc3)n2)CC(C)N1. The molecule has 0 bridgehead atoms. The number of carbonyl (C=O) groups excluding carboxylic acids is 4. The smallest absolute Gasteiger partial charge is 0.262 e. The van der Waals surface area contributed by atoms with E-state index in [2.05, 4.69) is 77.8 Å². The monoisotopic (exact) mass is 757 g/mol. The van der Waals surface area contributed by atoms with Crippen LogP contribution in [-0.2, 0) is 21.6 Å². The molecule has 56 heavy (non-hydrogen) atoms. The number of nitrogens with one attached hydrogen (secondary N) is 3. The quantitative estimate of drug-likeness (QED) is 0.177. The number of hydrogen-bond donors (Lipinski definition) is 3. The minimum absolute atomic E-state index is 0.0444. The van der Waals surface area contributed by atoms with Crippen LogP contribution in [0.1, 0.15) is 90.9 Å². The summed E-state index contributed by atoms with van der Waals surface area (Å²) in [4.78, 5) is 62.7. The zero-order valence-corrected chi connectivity index (χ0v) is 32.1. The summed E-state index contributed by atoms with van der Waals surface area (Å²) in [5.41, 5.74) is 4.16. The van der Waals surface area contributed by atoms with E-state index in [1.54, 1.807) is 24.4 Å². The number of anilines is 2. The molecule has 3 fully saturated rings. The normalized spacial score (nSPS) is 23.7. The number of rotatable bonds is 11. The van der Waals surface area contributed by atoms with Crippen LogP contribution in [0.5, 0.6) is 11.5 Å². The number of ether oxygens (including phenoxy) is 2. The molecule has 4 heterocycles. The van der Waals surface area contributed by atoms with Crippen LogP contribution in [0.15, 0.2) is 79.0 Å². The summed E-state index contributed by atoms with van der Waals surface area (Å²) in [7, 11) is 0. The van der Waals surface area contributed by atoms with Gasteiger partial charge in [0.05, 0.1) is 16.8 Å². The third-order valence-electron chi connectivity index (χ3n) is 11.3. The molecule has 0 radical (unpaired) electrons. The van der Waals surface area contributed by atoms with E-state index in [9.17, 15) is 19.2 Å². The van der Waals surface area contributed by atoms with Gasteiger partial charge in [0.15, 0.2) is 0 Å². The molecule has 4 amide bonds. The van der Waals surface area contributed by atoms with Crippen molar-refractivity contribution in [3.8, 4) is 11.5 Å². The highest BCUT2D eigenvalue weighted by Gasteiger charge is 2.45. The van der Waals surface area contributed by atoms with Crippen molar-refractivity contribution in [3.05, 3.63) is 107 Å². The number of nitrogens with zero attached hydrogens (tertiary/aromatic N) is 4. The van der Waals surface area contributed by atoms with Crippen molar-refractivity contribution in [2.24, 2.45) is 0 Å². The van der Waals surface area contributed by atoms with Crippen LogP contribution < -0.4 is 30.3 Å². The molecule has 4 aliphatic rings. The van der Waals surface area contributed by atoms with Gasteiger partial charge in [-0.1, -0.05) is 38.1 Å². The Morgan fingerprint density at radius 3 is 2.18 bits per heavy atom. The highest BCUT2D eigenvalue weighted by molar-refractivity contribution is 6.23. The molecule has 3 aromatic carbocycles. The molecule has 2 saturated heterocycles. The van der Waals surface area contributed by atoms with Gasteiger partial charge in [-0.3, -0.25) is 29.4 Å². The molecule has 4 aromatic rings. The fourth-order valence-electron chi connectivity index (χ4n) is 8.12. The molecule has 3 aliphatic heterocycles. The first-order valence-corrected chi connectivity index (χ1v) is 19.4. The van der Waals surface area contributed by atoms with Crippen LogP contribution in [0, 0.1) is 0 Å². The molecule has 3 unspecified atom stereocenters. The third-order valence-corrected chi connectivity index (χ3v) is 11.3. The van der Waals surface area contributed by atoms with Gasteiger partial charge in [-0.15, -0.1) is 0 Å². The number of hydrogen-bond acceptors (Lipinski definition) is 11. The van der Waals surface area contributed by atoms with Gasteiger partial charge in [0.2, 0.25) is 17.8 Å². The first-order valence-electron chi connectivity index (χ1n) is 19.4. The predicted molar refractivity (Wildman–Crippen MR) is 210 cm³/mol. The Morgan fingerprint density at radius 1 is 0.839 bits per heavy atom. The third kappa shape index (κ3) is 7.55. The fourth-order valence-corrected chi connectivity index (χ4v) is 8.12. The standard InChI is InChI=1S/C43H47N7O6/c1-25-22-49(23-26(2)45-25)42-44-18-17-30(47-42)24-55-32-10-5-27(6-11-32)43(3,4)28-7-12-33(13-8-28)56-34-19-31(20-34)46-29-9-14-35-36(21-29)41(54)50(40(35)53)37-15-16-38(51)48-39(37)52/h5-14,17-18,21,25-26,31,34,37,45-46H,15-16,19-20,22-24H2,1-4H3,(H,48,51,52). The molecule has 13 nitrogen and oxygen atoms in total. The molecule has 8 rings (SSSR count). The van der Waals surface area contributed by atoms with Crippen LogP contribution in [0.3, 0.4) is 0 Å². The Labute approximate surface area is 326 Å². The maximum Gasteiger partial charge on any atom is 0.262 e. The van der Waals surface area contributed by atoms with Crippen molar-refractivity contribution in [1.82, 2.24) is 25.5 Å². The van der Waals surface area contributed by atoms with E-state index in [1.165, 1.54) is 5.56 Å². The highest BCUT2D eigenvalue weighted by atomic mass is 16.5. The minimum Gasteiger partial charge on any atom is -0.490 e. The Bertz CT molecular complexity index is 2140. The number of carbonyl (C=O) groups is 4. The maximum atomic E-state index is 13.2. The lowest BCUT2D eigenvalue weighted by Gasteiger charge is -2.36. The Kier molecular flexibility index (Phi) is 9.96. The van der Waals surface area contributed by atoms with Gasteiger partial charge in [-0.25, -0.2) is 9.97 Å². The predicted octanol–water partition coefficient (Wildman–Crippen LogP) is 4.99. The van der Waals surface area contributed by atoms with Gasteiger partial charge in [-0.05, 0) is 79.9 Å². The van der Waals surface area contributed by atoms with Gasteiger partial charge in [-0.2, -0.15) is 0 Å². The molecular formula is C43H47N7O6. The molecule has 3 atom stereocenters. The Balaban J connectivity index is 0.813. The van der Waals surface area contributed by atoms with Gasteiger partial charge in [0.25, 0.3) is 11.8 Å². The summed E-state index contributed by atoms with van der Waals surface area (Å²) in [6.45, 7) is 10.9. The largest absolute Gasteiger partial charge is 0.490 e. The van der Waals surface area contributed by atoms with E-state index in [0.717, 1.165) is 65.2 Å². The van der Waals surface area contributed by atoms with Gasteiger partial charge < -0.3 is 25.0 Å². The van der Waals surface area contributed by atoms with Crippen molar-refractivity contribution in [1.29, 1.82) is 0 Å². The second kappa shape index (κ2) is 15.0. The highest BCUT2D eigenvalue weighted by Crippen LogP contribution is 2.36. The number of piperidine rings is 1. The molecule has 1 aliphatic carbocycles. The van der Waals surface area contributed by atoms with Crippen molar-refractivity contribution in [2.75, 3.05) is 23.3 Å². The summed E-state index contributed by atoms with van der Waals surface area (Å²) >= 11 is 0. The molecule has 1 saturated carbocycles. The molecule has 1 aromatic heterocycles. The van der Waals surface area contributed by atoms with Crippen molar-refractivity contribution >= 4 is 35.3 Å². The zero-order valence-electron chi connectivity index (χ0n) is 32.1. The van der Waals surface area contributed by atoms with Crippen LogP contribution >= 0.6 is 0 Å². The second-order valence-electron chi connectivity index (χ2n) is 15.9. The first kappa shape index (κ1) is 37.1. The number of imide groups is 2. The van der Waals surface area contributed by atoms with Crippen molar-refractivity contribution in [2.45, 2.75) is 95.7 Å². The van der Waals surface area contributed by atoms with E-state index < -0.39 is 29.7 Å². The van der Waals surface area contributed by atoms with Crippen LogP contribution in [0.25, 0.3) is 0 Å². The number of amides is 4. The van der Waals surface area contributed by atoms with Crippen molar-refractivity contribution in [3.63, 3.8) is 0 Å². The summed E-state index contributed by atoms with van der Waals surface area (Å²) in [5, 5.41) is 9.22. The van der Waals surface area contributed by atoms with E-state index in [1.807, 2.05) is 30.3 Å². The average Bonchev–Trinajstić information content (AvgIpc) is 3.41. The number of fused-ring (bicyclic) bond motifs is 1. The van der Waals surface area contributed by atoms with Crippen molar-refractivity contribution < 1.29 is 28.7 Å². The Morgan fingerprint density at radius 2 is 1.50 bits per heavy atom. The maximum absolute atomic E-state index is 13.2. The van der Waals surface area contributed by atoms with Gasteiger partial charge in [0.1, 0.15) is 30.3 Å². The van der Waals surface area contributed by atoms with Crippen LogP contribution in [0.4, 0.5) is 11.6 Å². The molecular weight excluding hydrogens is 711 g/mol. The minimum atomic E-state index is -0.986. The second-order valence-corrected chi connectivity index (χ2v) is 15.9. The average molecular weight is 758 g/mol. The van der Waals surface area contributed by atoms with E-state index in [0.29, 0.717) is 18.7 Å². The molecule has 13 heteroatoms. The first-order chi connectivity index (χ1) is 26.9. The fraction of sp³-hybridized carbons (Fsp3) is 0.395.